The highest BCUT2D eigenvalue weighted by atomic mass is 16.3. The van der Waals surface area contributed by atoms with Crippen LogP contribution in [0, 0.1) is 0 Å². The summed E-state index contributed by atoms with van der Waals surface area (Å²) in [5.74, 6) is 0.566. The van der Waals surface area contributed by atoms with Gasteiger partial charge in [0.2, 0.25) is 5.89 Å². The minimum Gasteiger partial charge on any atom is -0.436 e. The second kappa shape index (κ2) is 4.54. The van der Waals surface area contributed by atoms with Crippen molar-refractivity contribution in [1.82, 2.24) is 24.7 Å². The third-order valence-electron chi connectivity index (χ3n) is 3.81. The Morgan fingerprint density at radius 2 is 2.04 bits per heavy atom. The fourth-order valence-corrected chi connectivity index (χ4v) is 2.71. The van der Waals surface area contributed by atoms with Crippen LogP contribution in [0.15, 0.2) is 65.6 Å². The number of para-hydroxylation sites is 2. The minimum atomic E-state index is 0.566. The summed E-state index contributed by atoms with van der Waals surface area (Å²) in [6.45, 7) is 0. The van der Waals surface area contributed by atoms with Gasteiger partial charge in [-0.05, 0) is 24.3 Å². The minimum absolute atomic E-state index is 0.566. The first-order valence-electron chi connectivity index (χ1n) is 7.21. The molecule has 6 nitrogen and oxygen atoms in total. The van der Waals surface area contributed by atoms with Gasteiger partial charge in [-0.1, -0.05) is 12.1 Å². The van der Waals surface area contributed by atoms with Crippen molar-refractivity contribution in [3.63, 3.8) is 0 Å². The van der Waals surface area contributed by atoms with Gasteiger partial charge in [0, 0.05) is 24.0 Å². The van der Waals surface area contributed by atoms with Crippen molar-refractivity contribution in [2.45, 2.75) is 0 Å². The summed E-state index contributed by atoms with van der Waals surface area (Å²) < 4.78 is 7.60. The van der Waals surface area contributed by atoms with Crippen molar-refractivity contribution in [3.8, 4) is 17.1 Å². The molecule has 0 spiro atoms. The zero-order chi connectivity index (χ0) is 15.2. The van der Waals surface area contributed by atoms with Gasteiger partial charge < -0.3 is 9.40 Å². The SMILES string of the molecule is c1ccc2oc(-c3cnn(-c4ccnc5[nH]ccc45)c3)nc2c1. The third-order valence-corrected chi connectivity index (χ3v) is 3.81. The Labute approximate surface area is 130 Å². The maximum atomic E-state index is 5.79. The van der Waals surface area contributed by atoms with Crippen molar-refractivity contribution >= 4 is 22.1 Å². The molecule has 1 N–H and O–H groups in total. The van der Waals surface area contributed by atoms with E-state index in [-0.39, 0.29) is 0 Å². The van der Waals surface area contributed by atoms with Crippen LogP contribution in [0.25, 0.3) is 39.3 Å². The molecule has 0 saturated heterocycles. The fraction of sp³-hybridized carbons (Fsp3) is 0. The van der Waals surface area contributed by atoms with Crippen LogP contribution in [0.5, 0.6) is 0 Å². The summed E-state index contributed by atoms with van der Waals surface area (Å²) in [5.41, 5.74) is 4.24. The van der Waals surface area contributed by atoms with E-state index < -0.39 is 0 Å². The summed E-state index contributed by atoms with van der Waals surface area (Å²) >= 11 is 0. The van der Waals surface area contributed by atoms with Gasteiger partial charge in [0.05, 0.1) is 17.4 Å². The monoisotopic (exact) mass is 301 g/mol. The number of fused-ring (bicyclic) bond motifs is 2. The van der Waals surface area contributed by atoms with Crippen molar-refractivity contribution in [1.29, 1.82) is 0 Å². The number of nitrogens with one attached hydrogen (secondary N) is 1. The third kappa shape index (κ3) is 1.85. The molecule has 4 aromatic heterocycles. The Morgan fingerprint density at radius 3 is 3.00 bits per heavy atom. The average Bonchev–Trinajstić information content (AvgIpc) is 3.31. The van der Waals surface area contributed by atoms with Crippen LogP contribution in [0.4, 0.5) is 0 Å². The Hall–Kier alpha value is -3.41. The van der Waals surface area contributed by atoms with E-state index in [2.05, 4.69) is 20.1 Å². The van der Waals surface area contributed by atoms with E-state index in [0.29, 0.717) is 5.89 Å². The van der Waals surface area contributed by atoms with E-state index in [1.54, 1.807) is 12.4 Å². The van der Waals surface area contributed by atoms with Gasteiger partial charge in [0.15, 0.2) is 5.58 Å². The molecule has 23 heavy (non-hydrogen) atoms. The van der Waals surface area contributed by atoms with Crippen LogP contribution in [0.1, 0.15) is 0 Å². The Kier molecular flexibility index (Phi) is 2.40. The maximum Gasteiger partial charge on any atom is 0.230 e. The number of benzene rings is 1. The molecule has 4 heterocycles. The Bertz CT molecular complexity index is 1100. The molecule has 0 amide bonds. The maximum absolute atomic E-state index is 5.79. The molecule has 0 unspecified atom stereocenters. The lowest BCUT2D eigenvalue weighted by molar-refractivity contribution is 0.620. The van der Waals surface area contributed by atoms with Gasteiger partial charge in [0.1, 0.15) is 11.2 Å². The highest BCUT2D eigenvalue weighted by Gasteiger charge is 2.12. The van der Waals surface area contributed by atoms with Crippen LogP contribution < -0.4 is 0 Å². The van der Waals surface area contributed by atoms with Gasteiger partial charge in [-0.3, -0.25) is 0 Å². The summed E-state index contributed by atoms with van der Waals surface area (Å²) in [6, 6.07) is 11.6. The second-order valence-electron chi connectivity index (χ2n) is 5.23. The van der Waals surface area contributed by atoms with E-state index >= 15 is 0 Å². The molecule has 5 aromatic rings. The molecule has 0 bridgehead atoms. The largest absolute Gasteiger partial charge is 0.436 e. The zero-order valence-corrected chi connectivity index (χ0v) is 12.0. The first-order valence-corrected chi connectivity index (χ1v) is 7.21. The van der Waals surface area contributed by atoms with E-state index in [1.807, 2.05) is 53.5 Å². The highest BCUT2D eigenvalue weighted by molar-refractivity contribution is 5.84. The summed E-state index contributed by atoms with van der Waals surface area (Å²) in [7, 11) is 0. The van der Waals surface area contributed by atoms with E-state index in [1.165, 1.54) is 0 Å². The average molecular weight is 301 g/mol. The fourth-order valence-electron chi connectivity index (χ4n) is 2.71. The molecule has 0 atom stereocenters. The molecule has 6 heteroatoms. The molecule has 0 fully saturated rings. The van der Waals surface area contributed by atoms with Crippen LogP contribution >= 0.6 is 0 Å². The van der Waals surface area contributed by atoms with E-state index in [4.69, 9.17) is 4.42 Å². The lowest BCUT2D eigenvalue weighted by Gasteiger charge is -2.01. The normalized spacial score (nSPS) is 11.5. The molecule has 0 saturated carbocycles. The van der Waals surface area contributed by atoms with E-state index in [9.17, 15) is 0 Å². The van der Waals surface area contributed by atoms with Crippen LogP contribution in [0.2, 0.25) is 0 Å². The number of nitrogens with zero attached hydrogens (tertiary/aromatic N) is 4. The molecule has 0 aliphatic rings. The second-order valence-corrected chi connectivity index (χ2v) is 5.23. The zero-order valence-electron chi connectivity index (χ0n) is 12.0. The van der Waals surface area contributed by atoms with Crippen molar-refractivity contribution in [2.75, 3.05) is 0 Å². The number of aromatic nitrogens is 5. The number of pyridine rings is 1. The van der Waals surface area contributed by atoms with Crippen LogP contribution in [-0.2, 0) is 0 Å². The quantitative estimate of drug-likeness (QED) is 0.541. The summed E-state index contributed by atoms with van der Waals surface area (Å²) in [5, 5.41) is 5.45. The number of rotatable bonds is 2. The smallest absolute Gasteiger partial charge is 0.230 e. The number of aromatic amines is 1. The predicted octanol–water partition coefficient (Wildman–Crippen LogP) is 3.56. The molecule has 0 aliphatic carbocycles. The molecule has 0 aliphatic heterocycles. The molecule has 5 rings (SSSR count). The first-order chi connectivity index (χ1) is 11.4. The Balaban J connectivity index is 1.64. The van der Waals surface area contributed by atoms with Crippen LogP contribution in [-0.4, -0.2) is 24.7 Å². The molecular weight excluding hydrogens is 290 g/mol. The van der Waals surface area contributed by atoms with Gasteiger partial charge in [-0.15, -0.1) is 0 Å². The Morgan fingerprint density at radius 1 is 1.09 bits per heavy atom. The standard InChI is InChI=1S/C17H11N5O/c1-2-4-15-13(3-1)21-17(23-15)11-9-20-22(10-11)14-6-8-19-16-12(14)5-7-18-16/h1-10H,(H,18,19). The van der Waals surface area contributed by atoms with Crippen LogP contribution in [0.3, 0.4) is 0 Å². The summed E-state index contributed by atoms with van der Waals surface area (Å²) in [6.07, 6.45) is 7.29. The first kappa shape index (κ1) is 12.2. The molecule has 110 valence electrons. The highest BCUT2D eigenvalue weighted by Crippen LogP contribution is 2.25. The molecular formula is C17H11N5O. The predicted molar refractivity (Wildman–Crippen MR) is 86.2 cm³/mol. The van der Waals surface area contributed by atoms with Gasteiger partial charge >= 0.3 is 0 Å². The lowest BCUT2D eigenvalue weighted by Crippen LogP contribution is -1.95. The molecule has 0 radical (unpaired) electrons. The number of hydrogen-bond acceptors (Lipinski definition) is 4. The molecule has 1 aromatic carbocycles. The van der Waals surface area contributed by atoms with Crippen molar-refractivity contribution in [2.24, 2.45) is 0 Å². The van der Waals surface area contributed by atoms with Gasteiger partial charge in [-0.2, -0.15) is 5.10 Å². The number of hydrogen-bond donors (Lipinski definition) is 1. The van der Waals surface area contributed by atoms with Gasteiger partial charge in [0.25, 0.3) is 0 Å². The van der Waals surface area contributed by atoms with Gasteiger partial charge in [-0.25, -0.2) is 14.6 Å². The van der Waals surface area contributed by atoms with E-state index in [0.717, 1.165) is 33.4 Å². The topological polar surface area (TPSA) is 72.5 Å². The van der Waals surface area contributed by atoms with Crippen molar-refractivity contribution < 1.29 is 4.42 Å². The number of H-pyrrole nitrogens is 1. The summed E-state index contributed by atoms with van der Waals surface area (Å²) in [4.78, 5) is 11.9. The number of oxazole rings is 1. The van der Waals surface area contributed by atoms with Crippen molar-refractivity contribution in [3.05, 3.63) is 61.2 Å². The lowest BCUT2D eigenvalue weighted by atomic mass is 10.3.